The lowest BCUT2D eigenvalue weighted by atomic mass is 10.1. The first-order chi connectivity index (χ1) is 13.0. The molecule has 0 bridgehead atoms. The summed E-state index contributed by atoms with van der Waals surface area (Å²) >= 11 is 5.93. The van der Waals surface area contributed by atoms with E-state index in [2.05, 4.69) is 10.5 Å². The Hall–Kier alpha value is -3.25. The Morgan fingerprint density at radius 2 is 1.74 bits per heavy atom. The van der Waals surface area contributed by atoms with Crippen molar-refractivity contribution >= 4 is 34.5 Å². The minimum atomic E-state index is -0.411. The van der Waals surface area contributed by atoms with Crippen LogP contribution >= 0.6 is 11.6 Å². The van der Waals surface area contributed by atoms with E-state index in [1.165, 1.54) is 26.5 Å². The number of ether oxygens (including phenoxy) is 2. The zero-order valence-corrected chi connectivity index (χ0v) is 15.4. The van der Waals surface area contributed by atoms with Crippen molar-refractivity contribution in [2.45, 2.75) is 0 Å². The van der Waals surface area contributed by atoms with Gasteiger partial charge in [-0.25, -0.2) is 5.43 Å². The lowest BCUT2D eigenvalue weighted by molar-refractivity contribution is 0.0952. The number of carbonyl (C=O) groups is 1. The van der Waals surface area contributed by atoms with E-state index in [0.717, 1.165) is 10.8 Å². The van der Waals surface area contributed by atoms with Gasteiger partial charge in [0.1, 0.15) is 5.75 Å². The third-order valence-corrected chi connectivity index (χ3v) is 4.25. The maximum Gasteiger partial charge on any atom is 0.275 e. The van der Waals surface area contributed by atoms with Crippen molar-refractivity contribution in [2.75, 3.05) is 14.2 Å². The van der Waals surface area contributed by atoms with Gasteiger partial charge in [-0.15, -0.1) is 0 Å². The molecule has 0 saturated heterocycles. The molecule has 0 aromatic heterocycles. The quantitative estimate of drug-likeness (QED) is 0.515. The van der Waals surface area contributed by atoms with Crippen LogP contribution in [0.1, 0.15) is 15.9 Å². The highest BCUT2D eigenvalue weighted by Crippen LogP contribution is 2.34. The van der Waals surface area contributed by atoms with Crippen LogP contribution in [0.2, 0.25) is 5.02 Å². The zero-order chi connectivity index (χ0) is 19.4. The maximum atomic E-state index is 12.5. The number of fused-ring (bicyclic) bond motifs is 1. The molecule has 0 heterocycles. The molecule has 0 unspecified atom stereocenters. The highest BCUT2D eigenvalue weighted by molar-refractivity contribution is 6.32. The Labute approximate surface area is 161 Å². The van der Waals surface area contributed by atoms with Crippen LogP contribution in [0.25, 0.3) is 10.8 Å². The molecule has 0 aliphatic rings. The van der Waals surface area contributed by atoms with Crippen LogP contribution in [0.4, 0.5) is 0 Å². The molecule has 6 nitrogen and oxygen atoms in total. The molecule has 0 atom stereocenters. The second-order valence-corrected chi connectivity index (χ2v) is 6.06. The number of carbonyl (C=O) groups excluding carboxylic acids is 1. The van der Waals surface area contributed by atoms with Gasteiger partial charge in [-0.3, -0.25) is 4.79 Å². The Balaban J connectivity index is 1.83. The lowest BCUT2D eigenvalue weighted by Crippen LogP contribution is -2.18. The molecule has 0 fully saturated rings. The number of nitrogens with one attached hydrogen (secondary N) is 1. The summed E-state index contributed by atoms with van der Waals surface area (Å²) in [6.45, 7) is 0. The van der Waals surface area contributed by atoms with Crippen molar-refractivity contribution in [3.63, 3.8) is 0 Å². The molecular formula is C20H17ClN2O4. The molecule has 0 saturated carbocycles. The molecule has 1 amide bonds. The third kappa shape index (κ3) is 3.96. The summed E-state index contributed by atoms with van der Waals surface area (Å²) in [6.07, 6.45) is 1.40. The number of hydrogen-bond acceptors (Lipinski definition) is 5. The van der Waals surface area contributed by atoms with Gasteiger partial charge in [-0.2, -0.15) is 5.10 Å². The summed E-state index contributed by atoms with van der Waals surface area (Å²) in [5.74, 6) is 0.106. The van der Waals surface area contributed by atoms with Crippen LogP contribution in [-0.4, -0.2) is 31.4 Å². The van der Waals surface area contributed by atoms with E-state index in [1.54, 1.807) is 18.2 Å². The topological polar surface area (TPSA) is 80.2 Å². The molecule has 3 aromatic rings. The summed E-state index contributed by atoms with van der Waals surface area (Å²) < 4.78 is 10.4. The van der Waals surface area contributed by atoms with Crippen LogP contribution < -0.4 is 14.9 Å². The first-order valence-electron chi connectivity index (χ1n) is 8.00. The number of rotatable bonds is 5. The molecule has 0 aliphatic carbocycles. The van der Waals surface area contributed by atoms with Gasteiger partial charge in [0.15, 0.2) is 11.5 Å². The number of methoxy groups -OCH3 is 2. The smallest absolute Gasteiger partial charge is 0.275 e. The fraction of sp³-hybridized carbons (Fsp3) is 0.100. The number of amides is 1. The van der Waals surface area contributed by atoms with Crippen molar-refractivity contribution in [2.24, 2.45) is 5.10 Å². The summed E-state index contributed by atoms with van der Waals surface area (Å²) in [6, 6.07) is 14.3. The minimum Gasteiger partial charge on any atom is -0.503 e. The van der Waals surface area contributed by atoms with Gasteiger partial charge in [-0.1, -0.05) is 35.9 Å². The molecule has 3 aromatic carbocycles. The number of nitrogens with zero attached hydrogens (tertiary/aromatic N) is 1. The number of hydrogen-bond donors (Lipinski definition) is 2. The first-order valence-corrected chi connectivity index (χ1v) is 8.38. The van der Waals surface area contributed by atoms with Crippen molar-refractivity contribution in [1.29, 1.82) is 0 Å². The molecule has 7 heteroatoms. The summed E-state index contributed by atoms with van der Waals surface area (Å²) in [5.41, 5.74) is 3.39. The van der Waals surface area contributed by atoms with Crippen LogP contribution in [-0.2, 0) is 0 Å². The van der Waals surface area contributed by atoms with E-state index >= 15 is 0 Å². The Morgan fingerprint density at radius 3 is 2.41 bits per heavy atom. The fourth-order valence-corrected chi connectivity index (χ4v) is 2.83. The van der Waals surface area contributed by atoms with Crippen LogP contribution in [0.3, 0.4) is 0 Å². The van der Waals surface area contributed by atoms with Crippen LogP contribution in [0.5, 0.6) is 17.2 Å². The number of phenols is 1. The Kier molecular flexibility index (Phi) is 5.47. The van der Waals surface area contributed by atoms with Gasteiger partial charge in [-0.05, 0) is 40.6 Å². The lowest BCUT2D eigenvalue weighted by Gasteiger charge is -2.09. The van der Waals surface area contributed by atoms with Crippen molar-refractivity contribution in [3.05, 3.63) is 64.7 Å². The van der Waals surface area contributed by atoms with Gasteiger partial charge in [0.25, 0.3) is 5.91 Å². The average Bonchev–Trinajstić information content (AvgIpc) is 2.69. The summed E-state index contributed by atoms with van der Waals surface area (Å²) in [7, 11) is 2.93. The number of phenolic OH excluding ortho intramolecular Hbond substituents is 1. The van der Waals surface area contributed by atoms with E-state index in [9.17, 15) is 9.90 Å². The number of benzene rings is 3. The molecule has 0 radical (unpaired) electrons. The zero-order valence-electron chi connectivity index (χ0n) is 14.7. The predicted octanol–water partition coefficient (Wildman–Crippen LogP) is 3.98. The molecule has 0 spiro atoms. The molecule has 3 rings (SSSR count). The Bertz CT molecular complexity index is 1030. The average molecular weight is 385 g/mol. The van der Waals surface area contributed by atoms with Gasteiger partial charge in [0.2, 0.25) is 0 Å². The second kappa shape index (κ2) is 7.97. The highest BCUT2D eigenvalue weighted by Gasteiger charge is 2.13. The molecular weight excluding hydrogens is 368 g/mol. The SMILES string of the molecule is COc1cc2ccccc2cc1C(=O)NN=Cc1cc(Cl)c(O)c(OC)c1. The highest BCUT2D eigenvalue weighted by atomic mass is 35.5. The maximum absolute atomic E-state index is 12.5. The van der Waals surface area contributed by atoms with E-state index in [1.807, 2.05) is 24.3 Å². The van der Waals surface area contributed by atoms with E-state index in [4.69, 9.17) is 21.1 Å². The van der Waals surface area contributed by atoms with Gasteiger partial charge in [0, 0.05) is 0 Å². The first kappa shape index (κ1) is 18.5. The van der Waals surface area contributed by atoms with Crippen molar-refractivity contribution < 1.29 is 19.4 Å². The minimum absolute atomic E-state index is 0.123. The standard InChI is InChI=1S/C20H17ClN2O4/c1-26-17-10-14-6-4-3-5-13(14)9-15(17)20(25)23-22-11-12-7-16(21)19(24)18(8-12)27-2/h3-11,24H,1-2H3,(H,23,25). The summed E-state index contributed by atoms with van der Waals surface area (Å²) in [4.78, 5) is 12.5. The number of halogens is 1. The predicted molar refractivity (Wildman–Crippen MR) is 105 cm³/mol. The normalized spacial score (nSPS) is 10.9. The number of aromatic hydroxyl groups is 1. The van der Waals surface area contributed by atoms with Gasteiger partial charge in [0.05, 0.1) is 31.0 Å². The largest absolute Gasteiger partial charge is 0.503 e. The molecule has 2 N–H and O–H groups in total. The van der Waals surface area contributed by atoms with Crippen molar-refractivity contribution in [1.82, 2.24) is 5.43 Å². The van der Waals surface area contributed by atoms with Gasteiger partial charge >= 0.3 is 0 Å². The van der Waals surface area contributed by atoms with Crippen LogP contribution in [0.15, 0.2) is 53.6 Å². The third-order valence-electron chi connectivity index (χ3n) is 3.96. The molecule has 27 heavy (non-hydrogen) atoms. The monoisotopic (exact) mass is 384 g/mol. The molecule has 138 valence electrons. The van der Waals surface area contributed by atoms with E-state index in [-0.39, 0.29) is 16.5 Å². The van der Waals surface area contributed by atoms with E-state index < -0.39 is 5.91 Å². The number of hydrazone groups is 1. The van der Waals surface area contributed by atoms with Crippen LogP contribution in [0, 0.1) is 0 Å². The summed E-state index contributed by atoms with van der Waals surface area (Å²) in [5, 5.41) is 15.7. The van der Waals surface area contributed by atoms with Gasteiger partial charge < -0.3 is 14.6 Å². The Morgan fingerprint density at radius 1 is 1.07 bits per heavy atom. The fourth-order valence-electron chi connectivity index (χ4n) is 2.62. The molecule has 0 aliphatic heterocycles. The second-order valence-electron chi connectivity index (χ2n) is 5.65. The van der Waals surface area contributed by atoms with Crippen molar-refractivity contribution in [3.8, 4) is 17.2 Å². The van der Waals surface area contributed by atoms with E-state index in [0.29, 0.717) is 16.9 Å².